The molecule has 0 aliphatic heterocycles. The first-order chi connectivity index (χ1) is 11.2. The summed E-state index contributed by atoms with van der Waals surface area (Å²) in [5, 5.41) is 24.0. The number of hydrogen-bond acceptors (Lipinski definition) is 5. The van der Waals surface area contributed by atoms with Crippen LogP contribution in [0.3, 0.4) is 0 Å². The van der Waals surface area contributed by atoms with Gasteiger partial charge in [-0.3, -0.25) is 15.5 Å². The third kappa shape index (κ3) is 4.22. The number of hydrogen-bond donors (Lipinski definition) is 2. The van der Waals surface area contributed by atoms with Crippen LogP contribution < -0.4 is 5.43 Å². The smallest absolute Gasteiger partial charge is 0.416 e. The zero-order valence-electron chi connectivity index (χ0n) is 11.7. The molecule has 0 amide bonds. The lowest BCUT2D eigenvalue weighted by Crippen LogP contribution is -2.06. The van der Waals surface area contributed by atoms with E-state index < -0.39 is 22.4 Å². The van der Waals surface area contributed by atoms with Crippen LogP contribution >= 0.6 is 15.9 Å². The van der Waals surface area contributed by atoms with Gasteiger partial charge in [0, 0.05) is 6.07 Å². The van der Waals surface area contributed by atoms with Crippen LogP contribution in [-0.2, 0) is 6.18 Å². The molecular weight excluding hydrogens is 395 g/mol. The Morgan fingerprint density at radius 3 is 2.54 bits per heavy atom. The first-order valence-electron chi connectivity index (χ1n) is 6.31. The minimum atomic E-state index is -4.68. The molecule has 2 N–H and O–H groups in total. The number of nitro groups is 1. The lowest BCUT2D eigenvalue weighted by Gasteiger charge is -2.08. The van der Waals surface area contributed by atoms with E-state index in [9.17, 15) is 28.4 Å². The van der Waals surface area contributed by atoms with Gasteiger partial charge in [-0.2, -0.15) is 18.3 Å². The Kier molecular flexibility index (Phi) is 5.07. The standard InChI is InChI=1S/C14H9BrF3N3O3/c15-10-5-8(1-4-13(10)22)7-19-20-11-3-2-9(14(16,17)18)6-12(11)21(23)24/h1-7,20,22H/b19-7-. The molecule has 2 rings (SSSR count). The second-order valence-electron chi connectivity index (χ2n) is 4.57. The molecule has 0 aromatic heterocycles. The number of rotatable bonds is 4. The molecule has 0 atom stereocenters. The molecular formula is C14H9BrF3N3O3. The highest BCUT2D eigenvalue weighted by atomic mass is 79.9. The molecule has 24 heavy (non-hydrogen) atoms. The Hall–Kier alpha value is -2.62. The van der Waals surface area contributed by atoms with E-state index in [1.54, 1.807) is 6.07 Å². The van der Waals surface area contributed by atoms with Crippen LogP contribution in [0.1, 0.15) is 11.1 Å². The largest absolute Gasteiger partial charge is 0.507 e. The van der Waals surface area contributed by atoms with E-state index in [2.05, 4.69) is 26.5 Å². The highest BCUT2D eigenvalue weighted by Gasteiger charge is 2.33. The topological polar surface area (TPSA) is 87.8 Å². The van der Waals surface area contributed by atoms with Crippen molar-refractivity contribution >= 4 is 33.5 Å². The van der Waals surface area contributed by atoms with Gasteiger partial charge in [-0.25, -0.2) is 0 Å². The predicted octanol–water partition coefficient (Wildman–Crippen LogP) is 4.53. The van der Waals surface area contributed by atoms with E-state index in [0.29, 0.717) is 16.1 Å². The Balaban J connectivity index is 2.24. The summed E-state index contributed by atoms with van der Waals surface area (Å²) >= 11 is 3.11. The lowest BCUT2D eigenvalue weighted by atomic mass is 10.1. The van der Waals surface area contributed by atoms with Crippen LogP contribution in [0.5, 0.6) is 5.75 Å². The zero-order chi connectivity index (χ0) is 17.9. The summed E-state index contributed by atoms with van der Waals surface area (Å²) in [7, 11) is 0. The molecule has 0 fully saturated rings. The van der Waals surface area contributed by atoms with E-state index >= 15 is 0 Å². The number of anilines is 1. The number of alkyl halides is 3. The summed E-state index contributed by atoms with van der Waals surface area (Å²) in [6.45, 7) is 0. The maximum atomic E-state index is 12.6. The van der Waals surface area contributed by atoms with E-state index in [-0.39, 0.29) is 11.4 Å². The Bertz CT molecular complexity index is 810. The summed E-state index contributed by atoms with van der Waals surface area (Å²) < 4.78 is 38.3. The van der Waals surface area contributed by atoms with Crippen molar-refractivity contribution in [3.8, 4) is 5.75 Å². The fourth-order valence-corrected chi connectivity index (χ4v) is 2.13. The van der Waals surface area contributed by atoms with Gasteiger partial charge in [0.25, 0.3) is 5.69 Å². The minimum Gasteiger partial charge on any atom is -0.507 e. The summed E-state index contributed by atoms with van der Waals surface area (Å²) in [6.07, 6.45) is -3.38. The van der Waals surface area contributed by atoms with Gasteiger partial charge in [-0.15, -0.1) is 0 Å². The summed E-state index contributed by atoms with van der Waals surface area (Å²) in [5.41, 5.74) is 0.856. The number of nitrogens with zero attached hydrogens (tertiary/aromatic N) is 2. The van der Waals surface area contributed by atoms with Crippen LogP contribution in [0, 0.1) is 10.1 Å². The fraction of sp³-hybridized carbons (Fsp3) is 0.0714. The van der Waals surface area contributed by atoms with Gasteiger partial charge in [0.05, 0.1) is 21.2 Å². The van der Waals surface area contributed by atoms with Gasteiger partial charge in [0.15, 0.2) is 0 Å². The average molecular weight is 404 g/mol. The predicted molar refractivity (Wildman–Crippen MR) is 85.1 cm³/mol. The third-order valence-corrected chi connectivity index (χ3v) is 3.53. The van der Waals surface area contributed by atoms with Crippen LogP contribution in [0.4, 0.5) is 24.5 Å². The van der Waals surface area contributed by atoms with Crippen LogP contribution in [-0.4, -0.2) is 16.2 Å². The third-order valence-electron chi connectivity index (χ3n) is 2.89. The normalized spacial score (nSPS) is 11.7. The lowest BCUT2D eigenvalue weighted by molar-refractivity contribution is -0.384. The van der Waals surface area contributed by atoms with Crippen LogP contribution in [0.25, 0.3) is 0 Å². The molecule has 6 nitrogen and oxygen atoms in total. The second kappa shape index (κ2) is 6.87. The summed E-state index contributed by atoms with van der Waals surface area (Å²) in [5.74, 6) is 0.0264. The summed E-state index contributed by atoms with van der Waals surface area (Å²) in [6, 6.07) is 6.59. The van der Waals surface area contributed by atoms with Gasteiger partial charge in [-0.05, 0) is 51.8 Å². The van der Waals surface area contributed by atoms with E-state index in [1.807, 2.05) is 0 Å². The molecule has 2 aromatic rings. The van der Waals surface area contributed by atoms with Crippen molar-refractivity contribution < 1.29 is 23.2 Å². The molecule has 0 radical (unpaired) electrons. The maximum Gasteiger partial charge on any atom is 0.416 e. The first-order valence-corrected chi connectivity index (χ1v) is 7.11. The van der Waals surface area contributed by atoms with Crippen molar-refractivity contribution in [3.05, 3.63) is 62.1 Å². The molecule has 0 saturated carbocycles. The molecule has 126 valence electrons. The highest BCUT2D eigenvalue weighted by Crippen LogP contribution is 2.35. The van der Waals surface area contributed by atoms with Gasteiger partial charge in [0.1, 0.15) is 11.4 Å². The SMILES string of the molecule is O=[N+]([O-])c1cc(C(F)(F)F)ccc1N/N=C\c1ccc(O)c(Br)c1. The first kappa shape index (κ1) is 17.7. The van der Waals surface area contributed by atoms with Crippen molar-refractivity contribution in [3.63, 3.8) is 0 Å². The molecule has 0 aliphatic rings. The van der Waals surface area contributed by atoms with Gasteiger partial charge in [0.2, 0.25) is 0 Å². The quantitative estimate of drug-likeness (QED) is 0.446. The van der Waals surface area contributed by atoms with Crippen molar-refractivity contribution in [1.29, 1.82) is 0 Å². The maximum absolute atomic E-state index is 12.6. The van der Waals surface area contributed by atoms with Crippen molar-refractivity contribution in [1.82, 2.24) is 0 Å². The van der Waals surface area contributed by atoms with E-state index in [0.717, 1.165) is 12.1 Å². The Labute approximate surface area is 141 Å². The van der Waals surface area contributed by atoms with Gasteiger partial charge < -0.3 is 5.11 Å². The second-order valence-corrected chi connectivity index (χ2v) is 5.42. The number of nitro benzene ring substituents is 1. The molecule has 10 heteroatoms. The molecule has 2 aromatic carbocycles. The molecule has 0 aliphatic carbocycles. The molecule has 0 spiro atoms. The number of phenols is 1. The summed E-state index contributed by atoms with van der Waals surface area (Å²) in [4.78, 5) is 10.0. The van der Waals surface area contributed by atoms with Gasteiger partial charge >= 0.3 is 6.18 Å². The molecule has 0 heterocycles. The van der Waals surface area contributed by atoms with Crippen molar-refractivity contribution in [2.75, 3.05) is 5.43 Å². The molecule has 0 bridgehead atoms. The number of halogens is 4. The number of hydrazone groups is 1. The number of benzene rings is 2. The Morgan fingerprint density at radius 1 is 1.25 bits per heavy atom. The monoisotopic (exact) mass is 403 g/mol. The fourth-order valence-electron chi connectivity index (χ4n) is 1.73. The van der Waals surface area contributed by atoms with E-state index in [1.165, 1.54) is 18.3 Å². The van der Waals surface area contributed by atoms with Crippen molar-refractivity contribution in [2.24, 2.45) is 5.10 Å². The molecule has 0 saturated heterocycles. The number of aromatic hydroxyl groups is 1. The zero-order valence-corrected chi connectivity index (χ0v) is 13.3. The van der Waals surface area contributed by atoms with Crippen LogP contribution in [0.15, 0.2) is 46.0 Å². The number of nitrogens with one attached hydrogen (secondary N) is 1. The van der Waals surface area contributed by atoms with Crippen molar-refractivity contribution in [2.45, 2.75) is 6.18 Å². The van der Waals surface area contributed by atoms with E-state index in [4.69, 9.17) is 0 Å². The average Bonchev–Trinajstić information content (AvgIpc) is 2.50. The highest BCUT2D eigenvalue weighted by molar-refractivity contribution is 9.10. The van der Waals surface area contributed by atoms with Crippen LogP contribution in [0.2, 0.25) is 0 Å². The Morgan fingerprint density at radius 2 is 1.96 bits per heavy atom. The number of phenolic OH excluding ortho intramolecular Hbond substituents is 1. The minimum absolute atomic E-state index is 0.0264. The van der Waals surface area contributed by atoms with Gasteiger partial charge in [-0.1, -0.05) is 0 Å². The molecule has 0 unspecified atom stereocenters.